The first-order chi connectivity index (χ1) is 16.3. The van der Waals surface area contributed by atoms with E-state index in [1.54, 1.807) is 0 Å². The van der Waals surface area contributed by atoms with Crippen molar-refractivity contribution >= 4 is 0 Å². The summed E-state index contributed by atoms with van der Waals surface area (Å²) >= 11 is 0. The molecule has 6 heteroatoms. The van der Waals surface area contributed by atoms with Crippen molar-refractivity contribution in [1.82, 2.24) is 14.7 Å². The zero-order chi connectivity index (χ0) is 24.7. The minimum atomic E-state index is -0.568. The van der Waals surface area contributed by atoms with Crippen LogP contribution in [0.25, 0.3) is 5.69 Å². The van der Waals surface area contributed by atoms with Crippen molar-refractivity contribution in [2.45, 2.75) is 72.8 Å². The van der Waals surface area contributed by atoms with Crippen LogP contribution in [0.2, 0.25) is 0 Å². The van der Waals surface area contributed by atoms with Gasteiger partial charge in [0.15, 0.2) is 0 Å². The van der Waals surface area contributed by atoms with Crippen LogP contribution in [0, 0.1) is 13.8 Å². The van der Waals surface area contributed by atoms with Gasteiger partial charge < -0.3 is 14.6 Å². The second kappa shape index (κ2) is 12.2. The van der Waals surface area contributed by atoms with Gasteiger partial charge in [0.1, 0.15) is 5.75 Å². The molecule has 0 aliphatic carbocycles. The van der Waals surface area contributed by atoms with E-state index in [0.29, 0.717) is 25.6 Å². The highest BCUT2D eigenvalue weighted by molar-refractivity contribution is 5.43. The Morgan fingerprint density at radius 3 is 2.41 bits per heavy atom. The number of aromatic nitrogens is 2. The number of rotatable bonds is 12. The molecule has 0 radical (unpaired) electrons. The van der Waals surface area contributed by atoms with Gasteiger partial charge in [0.05, 0.1) is 35.8 Å². The maximum Gasteiger partial charge on any atom is 0.227 e. The lowest BCUT2D eigenvalue weighted by atomic mass is 10.1. The molecule has 0 saturated heterocycles. The molecule has 184 valence electrons. The Balaban J connectivity index is 1.96. The average molecular weight is 466 g/mol. The van der Waals surface area contributed by atoms with Crippen molar-refractivity contribution in [1.29, 1.82) is 0 Å². The van der Waals surface area contributed by atoms with Gasteiger partial charge in [-0.3, -0.25) is 4.90 Å². The zero-order valence-corrected chi connectivity index (χ0v) is 21.4. The van der Waals surface area contributed by atoms with Crippen LogP contribution in [0.3, 0.4) is 0 Å². The Morgan fingerprint density at radius 1 is 1.03 bits per heavy atom. The molecule has 1 N–H and O–H groups in total. The monoisotopic (exact) mass is 465 g/mol. The number of aliphatic hydroxyl groups is 1. The number of hydrogen-bond donors (Lipinski definition) is 1. The molecule has 0 fully saturated rings. The predicted molar refractivity (Wildman–Crippen MR) is 137 cm³/mol. The topological polar surface area (TPSA) is 59.8 Å². The van der Waals surface area contributed by atoms with Crippen LogP contribution in [0.1, 0.15) is 50.9 Å². The van der Waals surface area contributed by atoms with E-state index in [9.17, 15) is 5.11 Å². The molecular weight excluding hydrogens is 426 g/mol. The van der Waals surface area contributed by atoms with Crippen LogP contribution in [0.5, 0.6) is 11.6 Å². The number of aryl methyl sites for hydroxylation is 2. The number of para-hydroxylation sites is 1. The van der Waals surface area contributed by atoms with Gasteiger partial charge in [-0.25, -0.2) is 4.68 Å². The summed E-state index contributed by atoms with van der Waals surface area (Å²) in [6.45, 7) is 13.8. The van der Waals surface area contributed by atoms with E-state index in [2.05, 4.69) is 31.7 Å². The van der Waals surface area contributed by atoms with Crippen molar-refractivity contribution in [3.63, 3.8) is 0 Å². The number of ether oxygens (including phenoxy) is 2. The van der Waals surface area contributed by atoms with Gasteiger partial charge in [0.25, 0.3) is 0 Å². The van der Waals surface area contributed by atoms with Crippen LogP contribution >= 0.6 is 0 Å². The summed E-state index contributed by atoms with van der Waals surface area (Å²) in [6, 6.07) is 18.4. The van der Waals surface area contributed by atoms with Crippen LogP contribution in [0.15, 0.2) is 54.6 Å². The molecule has 0 aliphatic heterocycles. The molecule has 34 heavy (non-hydrogen) atoms. The second-order valence-electron chi connectivity index (χ2n) is 9.26. The summed E-state index contributed by atoms with van der Waals surface area (Å²) in [5.74, 6) is 1.48. The van der Waals surface area contributed by atoms with E-state index < -0.39 is 6.10 Å². The summed E-state index contributed by atoms with van der Waals surface area (Å²) < 4.78 is 14.0. The molecule has 3 rings (SSSR count). The molecule has 0 amide bonds. The first kappa shape index (κ1) is 25.9. The van der Waals surface area contributed by atoms with E-state index in [4.69, 9.17) is 14.6 Å². The lowest BCUT2D eigenvalue weighted by Crippen LogP contribution is -2.40. The van der Waals surface area contributed by atoms with Crippen LogP contribution < -0.4 is 4.74 Å². The number of aliphatic hydroxyl groups excluding tert-OH is 1. The van der Waals surface area contributed by atoms with Gasteiger partial charge >= 0.3 is 0 Å². The van der Waals surface area contributed by atoms with Gasteiger partial charge in [-0.1, -0.05) is 37.3 Å². The van der Waals surface area contributed by atoms with E-state index in [1.807, 2.05) is 74.0 Å². The molecule has 2 unspecified atom stereocenters. The summed E-state index contributed by atoms with van der Waals surface area (Å²) in [7, 11) is 0. The molecule has 1 heterocycles. The second-order valence-corrected chi connectivity index (χ2v) is 9.26. The van der Waals surface area contributed by atoms with Crippen molar-refractivity contribution in [3.8, 4) is 17.3 Å². The summed E-state index contributed by atoms with van der Waals surface area (Å²) in [4.78, 5) is 2.29. The third-order valence-electron chi connectivity index (χ3n) is 5.98. The Labute approximate surface area is 204 Å². The highest BCUT2D eigenvalue weighted by atomic mass is 16.5. The fraction of sp³-hybridized carbons (Fsp3) is 0.464. The van der Waals surface area contributed by atoms with Crippen molar-refractivity contribution in [2.24, 2.45) is 0 Å². The highest BCUT2D eigenvalue weighted by Crippen LogP contribution is 2.32. The van der Waals surface area contributed by atoms with Gasteiger partial charge in [-0.05, 0) is 70.9 Å². The minimum absolute atomic E-state index is 0.0902. The lowest BCUT2D eigenvalue weighted by Gasteiger charge is -2.30. The van der Waals surface area contributed by atoms with Crippen LogP contribution in [-0.4, -0.2) is 51.2 Å². The molecule has 0 spiro atoms. The maximum atomic E-state index is 10.7. The van der Waals surface area contributed by atoms with Gasteiger partial charge in [-0.15, -0.1) is 0 Å². The molecule has 2 atom stereocenters. The molecule has 3 aromatic rings. The highest BCUT2D eigenvalue weighted by Gasteiger charge is 2.25. The van der Waals surface area contributed by atoms with E-state index >= 15 is 0 Å². The summed E-state index contributed by atoms with van der Waals surface area (Å²) in [5, 5.41) is 15.5. The molecule has 0 bridgehead atoms. The van der Waals surface area contributed by atoms with E-state index in [0.717, 1.165) is 34.7 Å². The van der Waals surface area contributed by atoms with Crippen molar-refractivity contribution in [3.05, 3.63) is 71.4 Å². The van der Waals surface area contributed by atoms with Gasteiger partial charge in [0, 0.05) is 19.1 Å². The standard InChI is InChI=1S/C28H39N3O3/c1-7-22(5)30(17-25(32)19-33-20(2)3)18-27-23(6)29-31(24-13-9-8-10-14-24)28(27)34-26-15-11-12-21(4)16-26/h8-16,20,22,25,32H,7,17-19H2,1-6H3. The third-order valence-corrected chi connectivity index (χ3v) is 5.98. The first-order valence-electron chi connectivity index (χ1n) is 12.2. The first-order valence-corrected chi connectivity index (χ1v) is 12.2. The SMILES string of the molecule is CCC(C)N(Cc1c(C)nn(-c2ccccc2)c1Oc1cccc(C)c1)CC(O)COC(C)C. The van der Waals surface area contributed by atoms with Gasteiger partial charge in [-0.2, -0.15) is 5.10 Å². The molecule has 1 aromatic heterocycles. The number of hydrogen-bond acceptors (Lipinski definition) is 5. The normalized spacial score (nSPS) is 13.4. The minimum Gasteiger partial charge on any atom is -0.439 e. The molecule has 6 nitrogen and oxygen atoms in total. The van der Waals surface area contributed by atoms with E-state index in [-0.39, 0.29) is 12.1 Å². The molecular formula is C28H39N3O3. The Bertz CT molecular complexity index is 1030. The molecule has 0 saturated carbocycles. The average Bonchev–Trinajstić information content (AvgIpc) is 3.12. The predicted octanol–water partition coefficient (Wildman–Crippen LogP) is 5.67. The van der Waals surface area contributed by atoms with E-state index in [1.165, 1.54) is 0 Å². The Morgan fingerprint density at radius 2 is 1.76 bits per heavy atom. The van der Waals surface area contributed by atoms with Crippen LogP contribution in [0.4, 0.5) is 0 Å². The number of benzene rings is 2. The van der Waals surface area contributed by atoms with Crippen molar-refractivity contribution in [2.75, 3.05) is 13.2 Å². The summed E-state index contributed by atoms with van der Waals surface area (Å²) in [6.07, 6.45) is 0.493. The largest absolute Gasteiger partial charge is 0.439 e. The third kappa shape index (κ3) is 6.92. The Hall–Kier alpha value is -2.67. The molecule has 2 aromatic carbocycles. The zero-order valence-electron chi connectivity index (χ0n) is 21.4. The lowest BCUT2D eigenvalue weighted by molar-refractivity contribution is -0.0150. The van der Waals surface area contributed by atoms with Gasteiger partial charge in [0.2, 0.25) is 5.88 Å². The summed E-state index contributed by atoms with van der Waals surface area (Å²) in [5.41, 5.74) is 4.01. The Kier molecular flexibility index (Phi) is 9.28. The van der Waals surface area contributed by atoms with Crippen LogP contribution in [-0.2, 0) is 11.3 Å². The maximum absolute atomic E-state index is 10.7. The molecule has 0 aliphatic rings. The fourth-order valence-electron chi connectivity index (χ4n) is 3.85. The number of nitrogens with zero attached hydrogens (tertiary/aromatic N) is 3. The van der Waals surface area contributed by atoms with Crippen molar-refractivity contribution < 1.29 is 14.6 Å². The smallest absolute Gasteiger partial charge is 0.227 e. The quantitative estimate of drug-likeness (QED) is 0.374. The fourth-order valence-corrected chi connectivity index (χ4v) is 3.85.